The van der Waals surface area contributed by atoms with Gasteiger partial charge in [-0.25, -0.2) is 4.79 Å². The van der Waals surface area contributed by atoms with Crippen LogP contribution in [0.25, 0.3) is 0 Å². The van der Waals surface area contributed by atoms with Crippen molar-refractivity contribution in [3.05, 3.63) is 10.6 Å². The summed E-state index contributed by atoms with van der Waals surface area (Å²) in [5.74, 6) is -2.29. The van der Waals surface area contributed by atoms with Crippen LogP contribution in [0.15, 0.2) is 10.6 Å². The van der Waals surface area contributed by atoms with Gasteiger partial charge in [0.15, 0.2) is 0 Å². The number of amides is 2. The van der Waals surface area contributed by atoms with Gasteiger partial charge in [0.25, 0.3) is 0 Å². The molecule has 2 fully saturated rings. The van der Waals surface area contributed by atoms with Crippen molar-refractivity contribution < 1.29 is 34.5 Å². The molecule has 0 bridgehead atoms. The summed E-state index contributed by atoms with van der Waals surface area (Å²) in [5.41, 5.74) is 0.0192. The minimum atomic E-state index is -1.14. The number of thioether (sulfide) groups is 1. The van der Waals surface area contributed by atoms with Gasteiger partial charge < -0.3 is 35.2 Å². The van der Waals surface area contributed by atoms with Crippen LogP contribution >= 0.6 is 11.8 Å². The van der Waals surface area contributed by atoms with Gasteiger partial charge >= 0.3 is 5.97 Å². The zero-order valence-corrected chi connectivity index (χ0v) is 20.0. The lowest BCUT2D eigenvalue weighted by atomic mass is 9.73. The molecule has 0 spiro atoms. The SMILES string of the molecule is CC(=O)C[C@H](C)[C@H]1C(=O)N2C(C(=O)O)=C(S[C@@H]3CN[C@H](C(=O)N(CCO)CCO)C3)[C@H](C)C12. The van der Waals surface area contributed by atoms with Gasteiger partial charge in [0.1, 0.15) is 11.5 Å². The Balaban J connectivity index is 1.72. The number of rotatable bonds is 11. The fraction of sp³-hybridized carbons (Fsp3) is 0.727. The van der Waals surface area contributed by atoms with Crippen LogP contribution in [0.4, 0.5) is 0 Å². The van der Waals surface area contributed by atoms with E-state index in [0.717, 1.165) is 0 Å². The fourth-order valence-electron chi connectivity index (χ4n) is 5.30. The van der Waals surface area contributed by atoms with E-state index in [1.807, 2.05) is 13.8 Å². The van der Waals surface area contributed by atoms with E-state index in [9.17, 15) is 34.5 Å². The van der Waals surface area contributed by atoms with E-state index in [0.29, 0.717) is 17.9 Å². The number of hydrogen-bond acceptors (Lipinski definition) is 8. The summed E-state index contributed by atoms with van der Waals surface area (Å²) < 4.78 is 0. The number of nitrogens with one attached hydrogen (secondary N) is 1. The number of Topliss-reactive ketones (excluding diaryl/α,β-unsaturated/α-hetero) is 1. The fourth-order valence-corrected chi connectivity index (χ4v) is 6.78. The maximum absolute atomic E-state index is 12.9. The predicted octanol–water partition coefficient (Wildman–Crippen LogP) is -0.349. The number of carbonyl (C=O) groups is 4. The van der Waals surface area contributed by atoms with Crippen LogP contribution in [-0.4, -0.2) is 98.9 Å². The molecule has 4 N–H and O–H groups in total. The zero-order valence-electron chi connectivity index (χ0n) is 19.2. The Morgan fingerprint density at radius 2 is 1.88 bits per heavy atom. The highest BCUT2D eigenvalue weighted by Crippen LogP contribution is 2.53. The van der Waals surface area contributed by atoms with Gasteiger partial charge in [-0.15, -0.1) is 11.8 Å². The van der Waals surface area contributed by atoms with E-state index in [4.69, 9.17) is 0 Å². The summed E-state index contributed by atoms with van der Waals surface area (Å²) in [6, 6.07) is -0.745. The summed E-state index contributed by atoms with van der Waals surface area (Å²) in [6.45, 7) is 5.66. The minimum absolute atomic E-state index is 0.00425. The van der Waals surface area contributed by atoms with E-state index in [1.54, 1.807) is 0 Å². The van der Waals surface area contributed by atoms with E-state index in [-0.39, 0.29) is 85.1 Å². The molecule has 2 amide bonds. The van der Waals surface area contributed by atoms with Crippen LogP contribution in [0.5, 0.6) is 0 Å². The summed E-state index contributed by atoms with van der Waals surface area (Å²) in [7, 11) is 0. The summed E-state index contributed by atoms with van der Waals surface area (Å²) in [5, 5.41) is 31.3. The van der Waals surface area contributed by atoms with Gasteiger partial charge in [0.2, 0.25) is 11.8 Å². The Morgan fingerprint density at radius 1 is 1.24 bits per heavy atom. The number of hydrogen-bond donors (Lipinski definition) is 4. The minimum Gasteiger partial charge on any atom is -0.477 e. The number of nitrogens with zero attached hydrogens (tertiary/aromatic N) is 2. The van der Waals surface area contributed by atoms with Crippen molar-refractivity contribution in [1.82, 2.24) is 15.1 Å². The molecule has 184 valence electrons. The molecule has 2 saturated heterocycles. The molecule has 10 nitrogen and oxygen atoms in total. The van der Waals surface area contributed by atoms with Gasteiger partial charge in [-0.1, -0.05) is 13.8 Å². The van der Waals surface area contributed by atoms with Crippen LogP contribution in [0, 0.1) is 17.8 Å². The number of carboxylic acid groups (broad SMARTS) is 1. The van der Waals surface area contributed by atoms with Crippen molar-refractivity contribution in [2.75, 3.05) is 32.8 Å². The Bertz CT molecular complexity index is 842. The van der Waals surface area contributed by atoms with Crippen molar-refractivity contribution in [1.29, 1.82) is 0 Å². The first-order chi connectivity index (χ1) is 15.6. The predicted molar refractivity (Wildman–Crippen MR) is 121 cm³/mol. The second kappa shape index (κ2) is 10.5. The Hall–Kier alpha value is -1.95. The van der Waals surface area contributed by atoms with Gasteiger partial charge in [0, 0.05) is 42.1 Å². The number of aliphatic hydroxyl groups is 2. The smallest absolute Gasteiger partial charge is 0.353 e. The van der Waals surface area contributed by atoms with Crippen LogP contribution in [-0.2, 0) is 19.2 Å². The average Bonchev–Trinajstić information content (AvgIpc) is 3.29. The molecule has 0 aromatic rings. The standard InChI is InChI=1S/C22H33N3O7S/c1-11(8-12(2)28)16-17-13(3)19(18(22(31)32)25(17)21(16)30)33-14-9-15(23-10-14)20(29)24(4-6-26)5-7-27/h11,13-17,23,26-27H,4-10H2,1-3H3,(H,31,32)/t11-,13+,14-,15-,16+,17?/m0/s1. The van der Waals surface area contributed by atoms with E-state index in [2.05, 4.69) is 5.32 Å². The molecular weight excluding hydrogens is 450 g/mol. The number of carboxylic acids is 1. The van der Waals surface area contributed by atoms with Gasteiger partial charge in [0.05, 0.1) is 31.2 Å². The van der Waals surface area contributed by atoms with Crippen molar-refractivity contribution in [2.45, 2.75) is 50.9 Å². The number of carbonyl (C=O) groups excluding carboxylic acids is 3. The first-order valence-corrected chi connectivity index (χ1v) is 12.2. The molecular formula is C22H33N3O7S. The number of ketones is 1. The third-order valence-corrected chi connectivity index (χ3v) is 8.26. The molecule has 33 heavy (non-hydrogen) atoms. The monoisotopic (exact) mass is 483 g/mol. The van der Waals surface area contributed by atoms with Crippen LogP contribution in [0.1, 0.15) is 33.6 Å². The number of aliphatic carboxylic acids is 1. The Labute approximate surface area is 197 Å². The molecule has 0 saturated carbocycles. The molecule has 3 aliphatic rings. The Morgan fingerprint density at radius 3 is 2.42 bits per heavy atom. The van der Waals surface area contributed by atoms with Crippen LogP contribution in [0.2, 0.25) is 0 Å². The molecule has 3 rings (SSSR count). The Kier molecular flexibility index (Phi) is 8.20. The van der Waals surface area contributed by atoms with E-state index < -0.39 is 12.0 Å². The molecule has 0 aromatic carbocycles. The third kappa shape index (κ3) is 4.96. The first-order valence-electron chi connectivity index (χ1n) is 11.3. The first kappa shape index (κ1) is 25.7. The van der Waals surface area contributed by atoms with Gasteiger partial charge in [-0.05, 0) is 19.3 Å². The second-order valence-electron chi connectivity index (χ2n) is 9.12. The molecule has 0 aliphatic carbocycles. The maximum atomic E-state index is 12.9. The molecule has 3 aliphatic heterocycles. The molecule has 0 aromatic heterocycles. The maximum Gasteiger partial charge on any atom is 0.353 e. The lowest BCUT2D eigenvalue weighted by molar-refractivity contribution is -0.160. The summed E-state index contributed by atoms with van der Waals surface area (Å²) in [6.07, 6.45) is 0.760. The number of fused-ring (bicyclic) bond motifs is 1. The largest absolute Gasteiger partial charge is 0.477 e. The van der Waals surface area contributed by atoms with E-state index in [1.165, 1.54) is 28.5 Å². The summed E-state index contributed by atoms with van der Waals surface area (Å²) in [4.78, 5) is 52.7. The number of β-lactam (4-membered cyclic amide) rings is 1. The molecule has 0 radical (unpaired) electrons. The van der Waals surface area contributed by atoms with Crippen LogP contribution in [0.3, 0.4) is 0 Å². The van der Waals surface area contributed by atoms with Crippen molar-refractivity contribution in [3.63, 3.8) is 0 Å². The average molecular weight is 484 g/mol. The molecule has 6 atom stereocenters. The number of aliphatic hydroxyl groups excluding tert-OH is 2. The van der Waals surface area contributed by atoms with Gasteiger partial charge in [-0.3, -0.25) is 9.59 Å². The molecule has 3 heterocycles. The van der Waals surface area contributed by atoms with Crippen molar-refractivity contribution >= 4 is 35.3 Å². The summed E-state index contributed by atoms with van der Waals surface area (Å²) >= 11 is 1.40. The van der Waals surface area contributed by atoms with E-state index >= 15 is 0 Å². The van der Waals surface area contributed by atoms with Crippen molar-refractivity contribution in [2.24, 2.45) is 17.8 Å². The lowest BCUT2D eigenvalue weighted by Gasteiger charge is -2.47. The van der Waals surface area contributed by atoms with Crippen LogP contribution < -0.4 is 5.32 Å². The molecule has 1 unspecified atom stereocenters. The highest BCUT2D eigenvalue weighted by Gasteiger charge is 2.60. The zero-order chi connectivity index (χ0) is 24.4. The molecule has 11 heteroatoms. The topological polar surface area (TPSA) is 147 Å². The highest BCUT2D eigenvalue weighted by atomic mass is 32.2. The quantitative estimate of drug-likeness (QED) is 0.290. The highest BCUT2D eigenvalue weighted by molar-refractivity contribution is 8.03. The van der Waals surface area contributed by atoms with Crippen molar-refractivity contribution in [3.8, 4) is 0 Å². The lowest BCUT2D eigenvalue weighted by Crippen LogP contribution is -2.62. The second-order valence-corrected chi connectivity index (χ2v) is 10.5. The van der Waals surface area contributed by atoms with Gasteiger partial charge in [-0.2, -0.15) is 0 Å². The normalized spacial score (nSPS) is 29.7. The third-order valence-electron chi connectivity index (χ3n) is 6.75.